The molecule has 0 aromatic heterocycles. The Morgan fingerprint density at radius 3 is 2.45 bits per heavy atom. The fourth-order valence-electron chi connectivity index (χ4n) is 4.91. The highest BCUT2D eigenvalue weighted by molar-refractivity contribution is 5.71. The van der Waals surface area contributed by atoms with Gasteiger partial charge in [0.05, 0.1) is 6.04 Å². The maximum atomic E-state index is 9.99. The maximum Gasteiger partial charge on any atom is 0.119 e. The van der Waals surface area contributed by atoms with Gasteiger partial charge < -0.3 is 14.7 Å². The second kappa shape index (κ2) is 9.03. The van der Waals surface area contributed by atoms with Gasteiger partial charge in [0.2, 0.25) is 0 Å². The van der Waals surface area contributed by atoms with Gasteiger partial charge in [-0.15, -0.1) is 0 Å². The number of anilines is 2. The van der Waals surface area contributed by atoms with Gasteiger partial charge in [-0.1, -0.05) is 30.3 Å². The van der Waals surface area contributed by atoms with Gasteiger partial charge in [-0.2, -0.15) is 0 Å². The van der Waals surface area contributed by atoms with Crippen LogP contribution in [0.4, 0.5) is 11.4 Å². The molecule has 0 saturated carbocycles. The van der Waals surface area contributed by atoms with E-state index in [4.69, 9.17) is 4.74 Å². The topological polar surface area (TPSA) is 35.9 Å². The first-order valence-electron chi connectivity index (χ1n) is 11.4. The van der Waals surface area contributed by atoms with Crippen LogP contribution in [0.1, 0.15) is 36.4 Å². The zero-order valence-corrected chi connectivity index (χ0v) is 17.9. The van der Waals surface area contributed by atoms with Crippen molar-refractivity contribution in [3.8, 4) is 11.5 Å². The number of hydrogen-bond acceptors (Lipinski definition) is 4. The van der Waals surface area contributed by atoms with Crippen molar-refractivity contribution < 1.29 is 9.84 Å². The molecule has 3 aromatic carbocycles. The number of aryl methyl sites for hydroxylation is 1. The van der Waals surface area contributed by atoms with Gasteiger partial charge in [0.1, 0.15) is 18.1 Å². The molecule has 1 unspecified atom stereocenters. The monoisotopic (exact) mass is 414 g/mol. The van der Waals surface area contributed by atoms with E-state index in [0.29, 0.717) is 5.75 Å². The van der Waals surface area contributed by atoms with E-state index in [2.05, 4.69) is 64.4 Å². The van der Waals surface area contributed by atoms with E-state index >= 15 is 0 Å². The molecule has 3 aromatic rings. The fourth-order valence-corrected chi connectivity index (χ4v) is 4.91. The van der Waals surface area contributed by atoms with Gasteiger partial charge in [-0.05, 0) is 92.4 Å². The highest BCUT2D eigenvalue weighted by atomic mass is 16.5. The lowest BCUT2D eigenvalue weighted by atomic mass is 9.90. The van der Waals surface area contributed by atoms with Crippen LogP contribution in [-0.4, -0.2) is 36.2 Å². The summed E-state index contributed by atoms with van der Waals surface area (Å²) in [6.07, 6.45) is 4.59. The Morgan fingerprint density at radius 2 is 1.68 bits per heavy atom. The normalized spacial score (nSPS) is 18.7. The highest BCUT2D eigenvalue weighted by Crippen LogP contribution is 2.44. The van der Waals surface area contributed by atoms with E-state index in [1.165, 1.54) is 42.7 Å². The average Bonchev–Trinajstić information content (AvgIpc) is 3.33. The Balaban J connectivity index is 1.38. The van der Waals surface area contributed by atoms with E-state index in [1.807, 2.05) is 12.1 Å². The Bertz CT molecular complexity index is 998. The number of phenols is 1. The molecule has 2 aliphatic rings. The van der Waals surface area contributed by atoms with E-state index in [9.17, 15) is 5.11 Å². The molecule has 31 heavy (non-hydrogen) atoms. The van der Waals surface area contributed by atoms with Crippen LogP contribution in [0.3, 0.4) is 0 Å². The van der Waals surface area contributed by atoms with Crippen molar-refractivity contribution in [1.29, 1.82) is 0 Å². The van der Waals surface area contributed by atoms with Crippen LogP contribution in [-0.2, 0) is 6.42 Å². The third-order valence-corrected chi connectivity index (χ3v) is 6.50. The predicted molar refractivity (Wildman–Crippen MR) is 125 cm³/mol. The van der Waals surface area contributed by atoms with Crippen LogP contribution in [0.25, 0.3) is 0 Å². The number of rotatable bonds is 6. The van der Waals surface area contributed by atoms with E-state index in [1.54, 1.807) is 6.07 Å². The number of fused-ring (bicyclic) bond motifs is 1. The van der Waals surface area contributed by atoms with E-state index < -0.39 is 0 Å². The predicted octanol–water partition coefficient (Wildman–Crippen LogP) is 5.69. The Morgan fingerprint density at radius 1 is 0.903 bits per heavy atom. The smallest absolute Gasteiger partial charge is 0.119 e. The summed E-state index contributed by atoms with van der Waals surface area (Å²) in [5.74, 6) is 1.25. The number of hydrogen-bond donors (Lipinski definition) is 1. The second-order valence-corrected chi connectivity index (χ2v) is 8.54. The van der Waals surface area contributed by atoms with Gasteiger partial charge in [-0.25, -0.2) is 0 Å². The molecule has 160 valence electrons. The summed E-state index contributed by atoms with van der Waals surface area (Å²) in [6.45, 7) is 4.14. The van der Waals surface area contributed by atoms with Crippen molar-refractivity contribution in [2.75, 3.05) is 31.1 Å². The molecular formula is C27H30N2O2. The number of ether oxygens (including phenoxy) is 1. The van der Waals surface area contributed by atoms with Crippen LogP contribution in [0.2, 0.25) is 0 Å². The molecule has 1 atom stereocenters. The molecule has 0 aliphatic carbocycles. The molecule has 1 N–H and O–H groups in total. The molecule has 1 fully saturated rings. The quantitative estimate of drug-likeness (QED) is 0.562. The first-order valence-corrected chi connectivity index (χ1v) is 11.4. The van der Waals surface area contributed by atoms with E-state index in [0.717, 1.165) is 37.4 Å². The van der Waals surface area contributed by atoms with Crippen LogP contribution in [0, 0.1) is 0 Å². The summed E-state index contributed by atoms with van der Waals surface area (Å²) < 4.78 is 6.01. The van der Waals surface area contributed by atoms with Crippen molar-refractivity contribution in [1.82, 2.24) is 4.90 Å². The number of benzene rings is 3. The Hall–Kier alpha value is -2.98. The summed E-state index contributed by atoms with van der Waals surface area (Å²) in [5, 5.41) is 9.99. The summed E-state index contributed by atoms with van der Waals surface area (Å²) in [7, 11) is 0. The first kappa shape index (κ1) is 20.0. The van der Waals surface area contributed by atoms with Gasteiger partial charge in [0, 0.05) is 17.9 Å². The average molecular weight is 415 g/mol. The van der Waals surface area contributed by atoms with Crippen LogP contribution in [0.5, 0.6) is 11.5 Å². The van der Waals surface area contributed by atoms with Crippen molar-refractivity contribution in [3.63, 3.8) is 0 Å². The minimum absolute atomic E-state index is 0.264. The van der Waals surface area contributed by atoms with Gasteiger partial charge in [0.15, 0.2) is 0 Å². The van der Waals surface area contributed by atoms with Crippen molar-refractivity contribution in [2.24, 2.45) is 0 Å². The first-order chi connectivity index (χ1) is 15.3. The highest BCUT2D eigenvalue weighted by Gasteiger charge is 2.29. The van der Waals surface area contributed by atoms with Crippen LogP contribution < -0.4 is 9.64 Å². The van der Waals surface area contributed by atoms with Crippen molar-refractivity contribution in [3.05, 3.63) is 83.9 Å². The summed E-state index contributed by atoms with van der Waals surface area (Å²) in [6, 6.07) is 25.2. The van der Waals surface area contributed by atoms with Crippen LogP contribution in [0.15, 0.2) is 72.8 Å². The third kappa shape index (κ3) is 4.40. The molecule has 2 aliphatic heterocycles. The summed E-state index contributed by atoms with van der Waals surface area (Å²) in [4.78, 5) is 4.88. The molecule has 0 radical (unpaired) electrons. The SMILES string of the molecule is Oc1ccc2c(c1)CCC(c1ccccc1)N2c1ccc(OCCN2CCCC2)cc1. The number of aromatic hydroxyl groups is 1. The minimum Gasteiger partial charge on any atom is -0.508 e. The number of nitrogens with zero attached hydrogens (tertiary/aromatic N) is 2. The summed E-state index contributed by atoms with van der Waals surface area (Å²) in [5.41, 5.74) is 4.82. The minimum atomic E-state index is 0.264. The lowest BCUT2D eigenvalue weighted by Crippen LogP contribution is -2.29. The largest absolute Gasteiger partial charge is 0.508 e. The Kier molecular flexibility index (Phi) is 5.81. The summed E-state index contributed by atoms with van der Waals surface area (Å²) >= 11 is 0. The molecule has 4 nitrogen and oxygen atoms in total. The second-order valence-electron chi connectivity index (χ2n) is 8.54. The fraction of sp³-hybridized carbons (Fsp3) is 0.333. The van der Waals surface area contributed by atoms with Gasteiger partial charge in [-0.3, -0.25) is 4.90 Å². The molecule has 0 spiro atoms. The third-order valence-electron chi connectivity index (χ3n) is 6.50. The zero-order valence-electron chi connectivity index (χ0n) is 17.9. The number of phenolic OH excluding ortho intramolecular Hbond substituents is 1. The molecule has 2 heterocycles. The van der Waals surface area contributed by atoms with Gasteiger partial charge >= 0.3 is 0 Å². The standard InChI is InChI=1S/C27H30N2O2/c30-24-11-15-27-22(20-24)8-14-26(21-6-2-1-3-7-21)29(27)23-9-12-25(13-10-23)31-19-18-28-16-4-5-17-28/h1-3,6-7,9-13,15,20,26,30H,4-5,8,14,16-19H2. The van der Waals surface area contributed by atoms with E-state index in [-0.39, 0.29) is 6.04 Å². The molecular weight excluding hydrogens is 384 g/mol. The molecule has 5 rings (SSSR count). The number of likely N-dealkylation sites (tertiary alicyclic amines) is 1. The molecule has 0 amide bonds. The molecule has 1 saturated heterocycles. The van der Waals surface area contributed by atoms with Crippen LogP contribution >= 0.6 is 0 Å². The lowest BCUT2D eigenvalue weighted by molar-refractivity contribution is 0.238. The van der Waals surface area contributed by atoms with Crippen molar-refractivity contribution in [2.45, 2.75) is 31.7 Å². The van der Waals surface area contributed by atoms with Gasteiger partial charge in [0.25, 0.3) is 0 Å². The zero-order chi connectivity index (χ0) is 21.0. The van der Waals surface area contributed by atoms with Crippen molar-refractivity contribution >= 4 is 11.4 Å². The maximum absolute atomic E-state index is 9.99. The lowest BCUT2D eigenvalue weighted by Gasteiger charge is -2.39. The molecule has 0 bridgehead atoms. The molecule has 4 heteroatoms. The Labute approximate surface area is 184 Å².